The molecule has 3 aromatic rings. The van der Waals surface area contributed by atoms with Crippen molar-refractivity contribution in [3.8, 4) is 6.07 Å². The molecule has 0 atom stereocenters. The van der Waals surface area contributed by atoms with E-state index < -0.39 is 15.8 Å². The average Bonchev–Trinajstić information content (AvgIpc) is 3.06. The van der Waals surface area contributed by atoms with Crippen molar-refractivity contribution in [2.75, 3.05) is 14.1 Å². The number of hydrogen-bond acceptors (Lipinski definition) is 5. The molecule has 0 bridgehead atoms. The fraction of sp³-hybridized carbons (Fsp3) is 0.143. The third-order valence-corrected chi connectivity index (χ3v) is 6.61. The Morgan fingerprint density at radius 1 is 1.13 bits per heavy atom. The van der Waals surface area contributed by atoms with Crippen LogP contribution in [0.1, 0.15) is 16.1 Å². The molecule has 0 radical (unpaired) electrons. The molecule has 1 aromatic heterocycles. The minimum absolute atomic E-state index is 0.00848. The van der Waals surface area contributed by atoms with E-state index in [2.05, 4.69) is 0 Å². The number of Topliss-reactive ketones (excluding diaryl/α,β-unsaturated/α-hetero) is 1. The molecule has 0 N–H and O–H groups in total. The topological polar surface area (TPSA) is 83.2 Å². The molecule has 0 spiro atoms. The molecule has 154 valence electrons. The van der Waals surface area contributed by atoms with Crippen LogP contribution in [0.15, 0.2) is 59.1 Å². The maximum Gasteiger partial charge on any atom is 0.268 e. The molecule has 0 aliphatic heterocycles. The summed E-state index contributed by atoms with van der Waals surface area (Å²) in [5.41, 5.74) is 0.614. The molecule has 0 fully saturated rings. The molecule has 1 heterocycles. The highest BCUT2D eigenvalue weighted by Crippen LogP contribution is 2.34. The van der Waals surface area contributed by atoms with Crippen molar-refractivity contribution in [1.82, 2.24) is 8.87 Å². The molecule has 6 nitrogen and oxygen atoms in total. The van der Waals surface area contributed by atoms with E-state index in [1.54, 1.807) is 26.2 Å². The van der Waals surface area contributed by atoms with Crippen LogP contribution in [0.5, 0.6) is 0 Å². The van der Waals surface area contributed by atoms with E-state index >= 15 is 0 Å². The molecule has 9 heteroatoms. The van der Waals surface area contributed by atoms with E-state index in [9.17, 15) is 18.5 Å². The van der Waals surface area contributed by atoms with Gasteiger partial charge in [-0.25, -0.2) is 12.4 Å². The summed E-state index contributed by atoms with van der Waals surface area (Å²) in [5.74, 6) is -0.745. The lowest BCUT2D eigenvalue weighted by Crippen LogP contribution is -2.20. The minimum Gasteiger partial charge on any atom is -0.382 e. The molecule has 30 heavy (non-hydrogen) atoms. The lowest BCUT2D eigenvalue weighted by Gasteiger charge is -2.12. The molecule has 2 aromatic carbocycles. The Morgan fingerprint density at radius 2 is 1.77 bits per heavy atom. The number of fused-ring (bicyclic) bond motifs is 1. The third-order valence-electron chi connectivity index (χ3n) is 4.34. The van der Waals surface area contributed by atoms with Gasteiger partial charge in [-0.15, -0.1) is 0 Å². The van der Waals surface area contributed by atoms with Gasteiger partial charge in [-0.1, -0.05) is 40.9 Å². The number of ketones is 1. The average molecular weight is 462 g/mol. The number of halogens is 2. The molecule has 3 rings (SSSR count). The summed E-state index contributed by atoms with van der Waals surface area (Å²) >= 11 is 12.4. The molecule has 0 aliphatic carbocycles. The van der Waals surface area contributed by atoms with Crippen LogP contribution in [-0.2, 0) is 10.0 Å². The molecule has 0 saturated heterocycles. The van der Waals surface area contributed by atoms with Gasteiger partial charge in [-0.3, -0.25) is 4.79 Å². The zero-order chi connectivity index (χ0) is 22.2. The Bertz CT molecular complexity index is 1330. The van der Waals surface area contributed by atoms with Crippen molar-refractivity contribution < 1.29 is 13.2 Å². The van der Waals surface area contributed by atoms with Crippen LogP contribution in [0, 0.1) is 18.3 Å². The summed E-state index contributed by atoms with van der Waals surface area (Å²) in [4.78, 5) is 14.7. The van der Waals surface area contributed by atoms with Gasteiger partial charge in [0.1, 0.15) is 17.3 Å². The van der Waals surface area contributed by atoms with Crippen LogP contribution in [-0.4, -0.2) is 37.2 Å². The first-order valence-corrected chi connectivity index (χ1v) is 10.9. The van der Waals surface area contributed by atoms with Gasteiger partial charge in [0, 0.05) is 30.7 Å². The normalized spacial score (nSPS) is 12.1. The standard InChI is InChI=1S/C21H17Cl2N3O3S/c1-13-4-6-16(7-5-13)30(28,29)26-19-9-15(22)8-18(23)17(19)10-20(26)21(27)14(11-24)12-25(2)3/h4-10,12H,1-3H3/b14-12+. The predicted molar refractivity (Wildman–Crippen MR) is 117 cm³/mol. The highest BCUT2D eigenvalue weighted by molar-refractivity contribution is 7.90. The monoisotopic (exact) mass is 461 g/mol. The fourth-order valence-corrected chi connectivity index (χ4v) is 5.01. The quantitative estimate of drug-likeness (QED) is 0.313. The zero-order valence-electron chi connectivity index (χ0n) is 16.3. The van der Waals surface area contributed by atoms with Crippen LogP contribution in [0.25, 0.3) is 10.9 Å². The Labute approximate surface area is 184 Å². The zero-order valence-corrected chi connectivity index (χ0v) is 18.7. The van der Waals surface area contributed by atoms with E-state index in [-0.39, 0.29) is 31.7 Å². The van der Waals surface area contributed by atoms with Gasteiger partial charge in [-0.05, 0) is 37.3 Å². The number of carbonyl (C=O) groups is 1. The molecule has 0 aliphatic rings. The molecular weight excluding hydrogens is 445 g/mol. The third kappa shape index (κ3) is 3.94. The van der Waals surface area contributed by atoms with Gasteiger partial charge in [0.2, 0.25) is 5.78 Å². The van der Waals surface area contributed by atoms with Gasteiger partial charge in [-0.2, -0.15) is 5.26 Å². The summed E-state index contributed by atoms with van der Waals surface area (Å²) in [6, 6.07) is 12.3. The number of hydrogen-bond donors (Lipinski definition) is 0. The summed E-state index contributed by atoms with van der Waals surface area (Å²) in [6.45, 7) is 1.83. The SMILES string of the molecule is Cc1ccc(S(=O)(=O)n2c(C(=O)/C(C#N)=C/N(C)C)cc3c(Cl)cc(Cl)cc32)cc1. The second-order valence-electron chi connectivity index (χ2n) is 6.88. The van der Waals surface area contributed by atoms with Crippen LogP contribution < -0.4 is 0 Å². The maximum absolute atomic E-state index is 13.5. The first-order valence-electron chi connectivity index (χ1n) is 8.72. The van der Waals surface area contributed by atoms with Gasteiger partial charge < -0.3 is 4.90 Å². The fourth-order valence-electron chi connectivity index (χ4n) is 2.97. The molecule has 0 amide bonds. The number of nitriles is 1. The second kappa shape index (κ2) is 8.15. The van der Waals surface area contributed by atoms with Crippen molar-refractivity contribution in [1.29, 1.82) is 5.26 Å². The van der Waals surface area contributed by atoms with Crippen molar-refractivity contribution in [3.63, 3.8) is 0 Å². The second-order valence-corrected chi connectivity index (χ2v) is 9.51. The van der Waals surface area contributed by atoms with Crippen molar-refractivity contribution in [3.05, 3.63) is 75.5 Å². The summed E-state index contributed by atoms with van der Waals surface area (Å²) in [7, 11) is -0.885. The number of nitrogens with zero attached hydrogens (tertiary/aromatic N) is 3. The van der Waals surface area contributed by atoms with E-state index in [1.807, 2.05) is 13.0 Å². The van der Waals surface area contributed by atoms with E-state index in [1.165, 1.54) is 41.4 Å². The lowest BCUT2D eigenvalue weighted by atomic mass is 10.1. The lowest BCUT2D eigenvalue weighted by molar-refractivity contribution is 0.103. The van der Waals surface area contributed by atoms with Gasteiger partial charge in [0.15, 0.2) is 0 Å². The number of rotatable bonds is 5. The molecular formula is C21H17Cl2N3O3S. The van der Waals surface area contributed by atoms with Crippen LogP contribution in [0.3, 0.4) is 0 Å². The summed E-state index contributed by atoms with van der Waals surface area (Å²) < 4.78 is 27.9. The van der Waals surface area contributed by atoms with E-state index in [0.29, 0.717) is 5.39 Å². The Morgan fingerprint density at radius 3 is 2.33 bits per heavy atom. The molecule has 0 saturated carbocycles. The number of carbonyl (C=O) groups excluding carboxylic acids is 1. The highest BCUT2D eigenvalue weighted by Gasteiger charge is 2.29. The number of aromatic nitrogens is 1. The summed E-state index contributed by atoms with van der Waals surface area (Å²) in [5, 5.41) is 10.2. The predicted octanol–water partition coefficient (Wildman–Crippen LogP) is 4.65. The van der Waals surface area contributed by atoms with Gasteiger partial charge in [0.25, 0.3) is 10.0 Å². The van der Waals surface area contributed by atoms with Crippen molar-refractivity contribution in [2.24, 2.45) is 0 Å². The Hall–Kier alpha value is -2.79. The molecule has 0 unspecified atom stereocenters. The highest BCUT2D eigenvalue weighted by atomic mass is 35.5. The largest absolute Gasteiger partial charge is 0.382 e. The van der Waals surface area contributed by atoms with Gasteiger partial charge in [0.05, 0.1) is 15.4 Å². The Kier molecular flexibility index (Phi) is 5.95. The smallest absolute Gasteiger partial charge is 0.268 e. The van der Waals surface area contributed by atoms with Crippen LogP contribution in [0.2, 0.25) is 10.0 Å². The van der Waals surface area contributed by atoms with Crippen molar-refractivity contribution in [2.45, 2.75) is 11.8 Å². The number of benzene rings is 2. The van der Waals surface area contributed by atoms with Crippen LogP contribution >= 0.6 is 23.2 Å². The van der Waals surface area contributed by atoms with E-state index in [4.69, 9.17) is 23.2 Å². The van der Waals surface area contributed by atoms with Crippen molar-refractivity contribution >= 4 is 49.9 Å². The van der Waals surface area contributed by atoms with E-state index in [0.717, 1.165) is 9.54 Å². The van der Waals surface area contributed by atoms with Gasteiger partial charge >= 0.3 is 0 Å². The number of allylic oxidation sites excluding steroid dienone is 1. The Balaban J connectivity index is 2.39. The number of aryl methyl sites for hydroxylation is 1. The first-order chi connectivity index (χ1) is 14.1. The summed E-state index contributed by atoms with van der Waals surface area (Å²) in [6.07, 6.45) is 1.33. The van der Waals surface area contributed by atoms with Crippen LogP contribution in [0.4, 0.5) is 0 Å². The maximum atomic E-state index is 13.5. The minimum atomic E-state index is -4.19. The first kappa shape index (κ1) is 21.9.